The van der Waals surface area contributed by atoms with Gasteiger partial charge in [-0.15, -0.1) is 0 Å². The first-order chi connectivity index (χ1) is 12.9. The normalized spacial score (nSPS) is 11.2. The van der Waals surface area contributed by atoms with E-state index < -0.39 is 0 Å². The Hall–Kier alpha value is -2.99. The number of nitrogens with zero attached hydrogens (tertiary/aromatic N) is 2. The maximum Gasteiger partial charge on any atom is 0.251 e. The van der Waals surface area contributed by atoms with Gasteiger partial charge in [0.25, 0.3) is 5.56 Å². The van der Waals surface area contributed by atoms with Crippen LogP contribution in [0.15, 0.2) is 47.3 Å². The topological polar surface area (TPSA) is 64.0 Å². The Labute approximate surface area is 160 Å². The van der Waals surface area contributed by atoms with Crippen molar-refractivity contribution in [2.45, 2.75) is 27.3 Å². The number of amides is 1. The zero-order valence-electron chi connectivity index (χ0n) is 15.4. The van der Waals surface area contributed by atoms with Gasteiger partial charge in [0.1, 0.15) is 6.54 Å². The maximum atomic E-state index is 12.6. The number of rotatable bonds is 3. The lowest BCUT2D eigenvalue weighted by Gasteiger charge is -2.13. The highest BCUT2D eigenvalue weighted by atomic mass is 32.1. The Morgan fingerprint density at radius 1 is 1.11 bits per heavy atom. The minimum atomic E-state index is -0.263. The van der Waals surface area contributed by atoms with Crippen molar-refractivity contribution in [1.82, 2.24) is 9.55 Å². The minimum absolute atomic E-state index is 0.0462. The predicted molar refractivity (Wildman–Crippen MR) is 111 cm³/mol. The molecule has 0 aliphatic rings. The molecule has 2 heterocycles. The van der Waals surface area contributed by atoms with Gasteiger partial charge < -0.3 is 5.32 Å². The number of anilines is 1. The third kappa shape index (κ3) is 3.24. The molecule has 0 aliphatic carbocycles. The summed E-state index contributed by atoms with van der Waals surface area (Å²) in [7, 11) is 0. The molecule has 0 spiro atoms. The standard InChI is InChI=1S/C21H19N3O2S/c1-12-7-8-16-17(9-12)27-21(22-16)23-18(25)11-24-19(26)10-14(3)15-6-4-5-13(2)20(15)24/h4-10H,11H2,1-3H3,(H,22,23,25). The van der Waals surface area contributed by atoms with Crippen LogP contribution in [0.3, 0.4) is 0 Å². The van der Waals surface area contributed by atoms with Crippen molar-refractivity contribution in [3.05, 3.63) is 69.5 Å². The molecule has 0 radical (unpaired) electrons. The van der Waals surface area contributed by atoms with Crippen LogP contribution < -0.4 is 10.9 Å². The summed E-state index contributed by atoms with van der Waals surface area (Å²) >= 11 is 1.43. The molecule has 5 nitrogen and oxygen atoms in total. The van der Waals surface area contributed by atoms with Gasteiger partial charge in [-0.2, -0.15) is 0 Å². The molecule has 0 aliphatic heterocycles. The summed E-state index contributed by atoms with van der Waals surface area (Å²) in [6, 6.07) is 13.4. The highest BCUT2D eigenvalue weighted by Crippen LogP contribution is 2.27. The van der Waals surface area contributed by atoms with Crippen LogP contribution in [0.4, 0.5) is 5.13 Å². The van der Waals surface area contributed by atoms with Crippen molar-refractivity contribution < 1.29 is 4.79 Å². The molecule has 6 heteroatoms. The highest BCUT2D eigenvalue weighted by Gasteiger charge is 2.13. The number of fused-ring (bicyclic) bond motifs is 2. The van der Waals surface area contributed by atoms with Gasteiger partial charge in [-0.1, -0.05) is 35.6 Å². The molecule has 27 heavy (non-hydrogen) atoms. The van der Waals surface area contributed by atoms with E-state index in [9.17, 15) is 9.59 Å². The van der Waals surface area contributed by atoms with Gasteiger partial charge in [-0.05, 0) is 49.6 Å². The molecule has 0 atom stereocenters. The number of carbonyl (C=O) groups is 1. The molecule has 0 bridgehead atoms. The fourth-order valence-corrected chi connectivity index (χ4v) is 4.31. The number of nitrogens with one attached hydrogen (secondary N) is 1. The molecule has 0 fully saturated rings. The van der Waals surface area contributed by atoms with Crippen molar-refractivity contribution in [3.63, 3.8) is 0 Å². The Morgan fingerprint density at radius 3 is 2.74 bits per heavy atom. The van der Waals surface area contributed by atoms with E-state index in [1.54, 1.807) is 6.07 Å². The zero-order chi connectivity index (χ0) is 19.1. The number of carbonyl (C=O) groups excluding carboxylic acids is 1. The van der Waals surface area contributed by atoms with Gasteiger partial charge in [-0.25, -0.2) is 4.98 Å². The van der Waals surface area contributed by atoms with Crippen LogP contribution in [0.25, 0.3) is 21.1 Å². The smallest absolute Gasteiger partial charge is 0.251 e. The summed E-state index contributed by atoms with van der Waals surface area (Å²) in [6.07, 6.45) is 0. The summed E-state index contributed by atoms with van der Waals surface area (Å²) in [5.74, 6) is -0.263. The number of pyridine rings is 1. The van der Waals surface area contributed by atoms with Crippen LogP contribution in [-0.4, -0.2) is 15.5 Å². The SMILES string of the molecule is Cc1ccc2nc(NC(=O)Cn3c(=O)cc(C)c4cccc(C)c43)sc2c1. The Bertz CT molecular complexity index is 1250. The third-order valence-corrected chi connectivity index (χ3v) is 5.56. The van der Waals surface area contributed by atoms with Crippen LogP contribution in [0.1, 0.15) is 16.7 Å². The fraction of sp³-hybridized carbons (Fsp3) is 0.190. The second-order valence-electron chi connectivity index (χ2n) is 6.76. The van der Waals surface area contributed by atoms with Gasteiger partial charge in [-0.3, -0.25) is 14.2 Å². The molecule has 1 N–H and O–H groups in total. The van der Waals surface area contributed by atoms with Crippen LogP contribution in [0, 0.1) is 20.8 Å². The molecule has 1 amide bonds. The lowest BCUT2D eigenvalue weighted by Crippen LogP contribution is -2.28. The molecule has 4 rings (SSSR count). The highest BCUT2D eigenvalue weighted by molar-refractivity contribution is 7.22. The van der Waals surface area contributed by atoms with Crippen LogP contribution in [0.2, 0.25) is 0 Å². The average molecular weight is 377 g/mol. The van der Waals surface area contributed by atoms with Crippen molar-refractivity contribution in [2.24, 2.45) is 0 Å². The largest absolute Gasteiger partial charge is 0.300 e. The van der Waals surface area contributed by atoms with Crippen LogP contribution in [0.5, 0.6) is 0 Å². The van der Waals surface area contributed by atoms with Gasteiger partial charge in [0, 0.05) is 11.5 Å². The summed E-state index contributed by atoms with van der Waals surface area (Å²) < 4.78 is 2.56. The molecule has 0 unspecified atom stereocenters. The predicted octanol–water partition coefficient (Wildman–Crippen LogP) is 4.18. The molecule has 2 aromatic carbocycles. The number of aromatic nitrogens is 2. The summed E-state index contributed by atoms with van der Waals surface area (Å²) in [6.45, 7) is 5.84. The Balaban J connectivity index is 1.67. The van der Waals surface area contributed by atoms with E-state index >= 15 is 0 Å². The number of hydrogen-bond donors (Lipinski definition) is 1. The van der Waals surface area contributed by atoms with Crippen molar-refractivity contribution in [1.29, 1.82) is 0 Å². The minimum Gasteiger partial charge on any atom is -0.300 e. The second kappa shape index (κ2) is 6.63. The summed E-state index contributed by atoms with van der Waals surface area (Å²) in [4.78, 5) is 29.6. The first kappa shape index (κ1) is 17.4. The van der Waals surface area contributed by atoms with E-state index in [1.165, 1.54) is 15.9 Å². The van der Waals surface area contributed by atoms with E-state index in [0.29, 0.717) is 5.13 Å². The van der Waals surface area contributed by atoms with Crippen molar-refractivity contribution >= 4 is 43.5 Å². The lowest BCUT2D eigenvalue weighted by atomic mass is 10.1. The number of aryl methyl sites for hydroxylation is 3. The molecule has 0 saturated heterocycles. The Morgan fingerprint density at radius 2 is 1.93 bits per heavy atom. The fourth-order valence-electron chi connectivity index (χ4n) is 3.33. The van der Waals surface area contributed by atoms with E-state index in [0.717, 1.165) is 37.8 Å². The van der Waals surface area contributed by atoms with Gasteiger partial charge in [0.15, 0.2) is 5.13 Å². The number of para-hydroxylation sites is 1. The second-order valence-corrected chi connectivity index (χ2v) is 7.79. The quantitative estimate of drug-likeness (QED) is 0.583. The monoisotopic (exact) mass is 377 g/mol. The molecule has 0 saturated carbocycles. The van der Waals surface area contributed by atoms with Gasteiger partial charge in [0.2, 0.25) is 5.91 Å². The van der Waals surface area contributed by atoms with Crippen LogP contribution in [-0.2, 0) is 11.3 Å². The molecular weight excluding hydrogens is 358 g/mol. The van der Waals surface area contributed by atoms with E-state index in [2.05, 4.69) is 10.3 Å². The van der Waals surface area contributed by atoms with Crippen molar-refractivity contribution in [2.75, 3.05) is 5.32 Å². The summed E-state index contributed by atoms with van der Waals surface area (Å²) in [5.41, 5.74) is 4.52. The van der Waals surface area contributed by atoms with Gasteiger partial charge in [0.05, 0.1) is 15.7 Å². The van der Waals surface area contributed by atoms with E-state index in [-0.39, 0.29) is 18.0 Å². The zero-order valence-corrected chi connectivity index (χ0v) is 16.2. The molecular formula is C21H19N3O2S. The molecule has 136 valence electrons. The summed E-state index contributed by atoms with van der Waals surface area (Å²) in [5, 5.41) is 4.36. The first-order valence-corrected chi connectivity index (χ1v) is 9.51. The molecule has 4 aromatic rings. The first-order valence-electron chi connectivity index (χ1n) is 8.69. The number of thiazole rings is 1. The van der Waals surface area contributed by atoms with Crippen LogP contribution >= 0.6 is 11.3 Å². The molecule has 2 aromatic heterocycles. The van der Waals surface area contributed by atoms with E-state index in [1.807, 2.05) is 57.2 Å². The maximum absolute atomic E-state index is 12.6. The van der Waals surface area contributed by atoms with Crippen molar-refractivity contribution in [3.8, 4) is 0 Å². The lowest BCUT2D eigenvalue weighted by molar-refractivity contribution is -0.116. The number of hydrogen-bond acceptors (Lipinski definition) is 4. The third-order valence-electron chi connectivity index (χ3n) is 4.63. The van der Waals surface area contributed by atoms with Gasteiger partial charge >= 0.3 is 0 Å². The number of benzene rings is 2. The van der Waals surface area contributed by atoms with E-state index in [4.69, 9.17) is 0 Å². The average Bonchev–Trinajstić information content (AvgIpc) is 2.99. The Kier molecular flexibility index (Phi) is 4.28.